The second-order valence-electron chi connectivity index (χ2n) is 13.4. The molecule has 0 unspecified atom stereocenters. The Balaban J connectivity index is 0.000000257. The number of benzene rings is 2. The van der Waals surface area contributed by atoms with Gasteiger partial charge in [0, 0.05) is 37.6 Å². The van der Waals surface area contributed by atoms with E-state index in [-0.39, 0.29) is 6.42 Å². The summed E-state index contributed by atoms with van der Waals surface area (Å²) in [5.74, 6) is 0. The van der Waals surface area contributed by atoms with Crippen molar-refractivity contribution < 1.29 is 33.3 Å². The zero-order valence-corrected chi connectivity index (χ0v) is 31.7. The first-order chi connectivity index (χ1) is 22.1. The number of H-pyrrole nitrogens is 1. The van der Waals surface area contributed by atoms with Gasteiger partial charge in [0.2, 0.25) is 0 Å². The molecular weight excluding hydrogens is 748 g/mol. The van der Waals surface area contributed by atoms with Crippen molar-refractivity contribution in [1.82, 2.24) is 9.55 Å². The van der Waals surface area contributed by atoms with Crippen LogP contribution in [-0.2, 0) is 31.8 Å². The van der Waals surface area contributed by atoms with Crippen molar-refractivity contribution in [2.75, 3.05) is 0 Å². The van der Waals surface area contributed by atoms with E-state index in [0.717, 1.165) is 41.9 Å². The molecule has 2 aromatic carbocycles. The van der Waals surface area contributed by atoms with Gasteiger partial charge in [-0.2, -0.15) is 10.5 Å². The summed E-state index contributed by atoms with van der Waals surface area (Å²) in [6, 6.07) is 15.9. The second kappa shape index (κ2) is 16.7. The van der Waals surface area contributed by atoms with E-state index < -0.39 is 35.2 Å². The molecule has 0 saturated heterocycles. The van der Waals surface area contributed by atoms with Crippen molar-refractivity contribution in [3.8, 4) is 12.1 Å². The Morgan fingerprint density at radius 2 is 1.21 bits per heavy atom. The van der Waals surface area contributed by atoms with E-state index in [1.54, 1.807) is 47.7 Å². The van der Waals surface area contributed by atoms with Crippen LogP contribution < -0.4 is 0 Å². The fourth-order valence-electron chi connectivity index (χ4n) is 3.95. The van der Waals surface area contributed by atoms with Crippen LogP contribution in [0.1, 0.15) is 73.4 Å². The number of ether oxygens (including phenoxy) is 4. The lowest BCUT2D eigenvalue weighted by molar-refractivity contribution is -0.0294. The normalized spacial score (nSPS) is 11.2. The van der Waals surface area contributed by atoms with Gasteiger partial charge in [0.25, 0.3) is 0 Å². The highest BCUT2D eigenvalue weighted by Crippen LogP contribution is 2.27. The molecule has 0 aliphatic carbocycles. The number of aromatic amines is 1. The first kappa shape index (κ1) is 39.8. The highest BCUT2D eigenvalue weighted by atomic mass is 79.9. The van der Waals surface area contributed by atoms with Gasteiger partial charge in [-0.1, -0.05) is 31.9 Å². The maximum atomic E-state index is 12.2. The summed E-state index contributed by atoms with van der Waals surface area (Å²) in [5, 5.41) is 19.5. The lowest BCUT2D eigenvalue weighted by atomic mass is 10.1. The highest BCUT2D eigenvalue weighted by molar-refractivity contribution is 9.10. The molecule has 13 heteroatoms. The van der Waals surface area contributed by atoms with Crippen LogP contribution >= 0.6 is 31.9 Å². The van der Waals surface area contributed by atoms with Crippen molar-refractivity contribution in [3.05, 3.63) is 68.9 Å². The van der Waals surface area contributed by atoms with Crippen molar-refractivity contribution in [2.45, 2.75) is 92.0 Å². The van der Waals surface area contributed by atoms with Crippen LogP contribution in [0.2, 0.25) is 0 Å². The summed E-state index contributed by atoms with van der Waals surface area (Å²) in [7, 11) is 0. The van der Waals surface area contributed by atoms with Crippen LogP contribution in [0.25, 0.3) is 21.8 Å². The molecule has 1 N–H and O–H groups in total. The zero-order chi connectivity index (χ0) is 36.4. The Labute approximate surface area is 297 Å². The van der Waals surface area contributed by atoms with Crippen molar-refractivity contribution in [2.24, 2.45) is 0 Å². The van der Waals surface area contributed by atoms with Gasteiger partial charge in [-0.3, -0.25) is 4.57 Å². The zero-order valence-electron chi connectivity index (χ0n) is 28.5. The minimum Gasteiger partial charge on any atom is -0.443 e. The minimum absolute atomic E-state index is 0.253. The highest BCUT2D eigenvalue weighted by Gasteiger charge is 2.24. The molecule has 0 spiro atoms. The van der Waals surface area contributed by atoms with Gasteiger partial charge in [-0.25, -0.2) is 14.4 Å². The minimum atomic E-state index is -1.06. The Kier molecular flexibility index (Phi) is 13.8. The molecule has 0 atom stereocenters. The predicted octanol–water partition coefficient (Wildman–Crippen LogP) is 10.1. The van der Waals surface area contributed by atoms with E-state index in [9.17, 15) is 14.4 Å². The number of fused-ring (bicyclic) bond motifs is 2. The summed E-state index contributed by atoms with van der Waals surface area (Å²) in [4.78, 5) is 37.4. The standard InChI is InChI=1S/C15H15BrN2O2.C10H7BrN2.C10H18O5/c1-15(2,3)20-14(19)18-9-10(6-7-17)12-8-11(16)4-5-13(12)18;11-8-1-2-10-9(5-8)7(3-4-12)6-13-10;1-9(2,3)14-7(11)13-8(12)15-10(4,5)6/h4-5,8-9H,6H2,1-3H3;1-2,5-6,13H,3H2;1-6H3. The molecule has 2 aromatic heterocycles. The summed E-state index contributed by atoms with van der Waals surface area (Å²) >= 11 is 6.81. The summed E-state index contributed by atoms with van der Waals surface area (Å²) in [6.45, 7) is 15.5. The number of nitriles is 2. The fourth-order valence-corrected chi connectivity index (χ4v) is 4.67. The third-order valence-corrected chi connectivity index (χ3v) is 6.64. The molecule has 0 fully saturated rings. The summed E-state index contributed by atoms with van der Waals surface area (Å²) in [6.07, 6.45) is 1.72. The van der Waals surface area contributed by atoms with Gasteiger partial charge in [0.1, 0.15) is 16.8 Å². The van der Waals surface area contributed by atoms with E-state index in [1.807, 2.05) is 63.4 Å². The number of halogens is 2. The summed E-state index contributed by atoms with van der Waals surface area (Å²) < 4.78 is 22.6. The maximum Gasteiger partial charge on any atom is 0.519 e. The molecule has 256 valence electrons. The molecule has 48 heavy (non-hydrogen) atoms. The third-order valence-electron chi connectivity index (χ3n) is 5.65. The Morgan fingerprint density at radius 3 is 1.71 bits per heavy atom. The lowest BCUT2D eigenvalue weighted by Crippen LogP contribution is -2.29. The molecule has 0 radical (unpaired) electrons. The molecule has 11 nitrogen and oxygen atoms in total. The van der Waals surface area contributed by atoms with E-state index >= 15 is 0 Å². The molecule has 4 aromatic rings. The number of hydrogen-bond acceptors (Lipinski definition) is 9. The number of carbonyl (C=O) groups is 3. The summed E-state index contributed by atoms with van der Waals surface area (Å²) in [5.41, 5.74) is 1.74. The molecular formula is C35H40Br2N4O7. The smallest absolute Gasteiger partial charge is 0.443 e. The Bertz CT molecular complexity index is 1820. The molecule has 2 heterocycles. The number of aromatic nitrogens is 2. The Hall–Kier alpha value is -4.33. The van der Waals surface area contributed by atoms with Crippen LogP contribution in [0.3, 0.4) is 0 Å². The maximum absolute atomic E-state index is 12.2. The van der Waals surface area contributed by atoms with Crippen LogP contribution in [-0.4, -0.2) is 44.8 Å². The van der Waals surface area contributed by atoms with E-state index in [0.29, 0.717) is 6.42 Å². The molecule has 0 aliphatic rings. The number of nitrogens with zero attached hydrogens (tertiary/aromatic N) is 3. The molecule has 0 bridgehead atoms. The monoisotopic (exact) mass is 786 g/mol. The van der Waals surface area contributed by atoms with Gasteiger partial charge < -0.3 is 23.9 Å². The van der Waals surface area contributed by atoms with Crippen molar-refractivity contribution in [1.29, 1.82) is 10.5 Å². The van der Waals surface area contributed by atoms with Gasteiger partial charge in [-0.15, -0.1) is 0 Å². The molecule has 0 aliphatic heterocycles. The first-order valence-corrected chi connectivity index (χ1v) is 16.4. The number of nitrogens with one attached hydrogen (secondary N) is 1. The van der Waals surface area contributed by atoms with Gasteiger partial charge in [0.15, 0.2) is 0 Å². The first-order valence-electron chi connectivity index (χ1n) is 14.8. The average Bonchev–Trinajstić information content (AvgIpc) is 3.47. The largest absolute Gasteiger partial charge is 0.519 e. The van der Waals surface area contributed by atoms with Gasteiger partial charge in [-0.05, 0) is 110 Å². The number of hydrogen-bond donors (Lipinski definition) is 1. The van der Waals surface area contributed by atoms with Crippen LogP contribution in [0.5, 0.6) is 0 Å². The predicted molar refractivity (Wildman–Crippen MR) is 189 cm³/mol. The van der Waals surface area contributed by atoms with Crippen LogP contribution in [0, 0.1) is 22.7 Å². The van der Waals surface area contributed by atoms with E-state index in [4.69, 9.17) is 24.7 Å². The van der Waals surface area contributed by atoms with Gasteiger partial charge >= 0.3 is 18.4 Å². The van der Waals surface area contributed by atoms with Crippen molar-refractivity contribution in [3.63, 3.8) is 0 Å². The van der Waals surface area contributed by atoms with E-state index in [2.05, 4.69) is 53.7 Å². The molecule has 0 saturated carbocycles. The average molecular weight is 789 g/mol. The van der Waals surface area contributed by atoms with Gasteiger partial charge in [0.05, 0.1) is 30.5 Å². The van der Waals surface area contributed by atoms with Crippen LogP contribution in [0.4, 0.5) is 14.4 Å². The number of rotatable bonds is 2. The molecule has 4 rings (SSSR count). The van der Waals surface area contributed by atoms with Crippen LogP contribution in [0.15, 0.2) is 57.7 Å². The lowest BCUT2D eigenvalue weighted by Gasteiger charge is -2.20. The van der Waals surface area contributed by atoms with Crippen molar-refractivity contribution >= 4 is 72.1 Å². The third kappa shape index (κ3) is 13.4. The number of carbonyl (C=O) groups excluding carboxylic acids is 3. The fraction of sp³-hybridized carbons (Fsp3) is 0.400. The molecule has 0 amide bonds. The second-order valence-corrected chi connectivity index (χ2v) is 15.2. The SMILES string of the molecule is CC(C)(C)OC(=O)OC(=O)OC(C)(C)C.CC(C)(C)OC(=O)n1cc(CC#N)c2cc(Br)ccc21.N#CCc1c[nH]c2ccc(Br)cc12. The Morgan fingerprint density at radius 1 is 0.729 bits per heavy atom. The quantitative estimate of drug-likeness (QED) is 0.119. The topological polar surface area (TPSA) is 156 Å². The van der Waals surface area contributed by atoms with E-state index in [1.165, 1.54) is 4.57 Å².